The zero-order valence-electron chi connectivity index (χ0n) is 11.4. The molecule has 20 heavy (non-hydrogen) atoms. The molecule has 1 N–H and O–H groups in total. The van der Waals surface area contributed by atoms with Crippen molar-refractivity contribution in [3.05, 3.63) is 42.4 Å². The molecule has 6 nitrogen and oxygen atoms in total. The van der Waals surface area contributed by atoms with Gasteiger partial charge in [0.2, 0.25) is 0 Å². The summed E-state index contributed by atoms with van der Waals surface area (Å²) in [7, 11) is 3.69. The predicted molar refractivity (Wildman–Crippen MR) is 75.6 cm³/mol. The highest BCUT2D eigenvalue weighted by Gasteiger charge is 2.09. The molecule has 0 saturated heterocycles. The number of nitrogens with zero attached hydrogens (tertiary/aromatic N) is 4. The molecule has 6 heteroatoms. The molecular formula is C14H15N5O. The first-order valence-electron chi connectivity index (χ1n) is 6.33. The van der Waals surface area contributed by atoms with Crippen LogP contribution in [0.3, 0.4) is 0 Å². The minimum atomic E-state index is 0.333. The molecule has 0 spiro atoms. The standard InChI is InChI=1S/C14H15N5O/c1-15-8-10-7-13(20-14-16-9-19(2)18-14)11-5-3-4-6-12(11)17-10/h3-7,9,15H,8H2,1-2H3. The van der Waals surface area contributed by atoms with Crippen molar-refractivity contribution >= 4 is 10.9 Å². The number of hydrogen-bond donors (Lipinski definition) is 1. The minimum absolute atomic E-state index is 0.333. The second-order valence-electron chi connectivity index (χ2n) is 4.46. The molecule has 1 aromatic carbocycles. The zero-order valence-corrected chi connectivity index (χ0v) is 11.4. The summed E-state index contributed by atoms with van der Waals surface area (Å²) < 4.78 is 7.39. The van der Waals surface area contributed by atoms with Gasteiger partial charge in [-0.2, -0.15) is 4.98 Å². The Morgan fingerprint density at radius 2 is 2.15 bits per heavy atom. The second kappa shape index (κ2) is 5.26. The first-order valence-corrected chi connectivity index (χ1v) is 6.33. The van der Waals surface area contributed by atoms with E-state index >= 15 is 0 Å². The van der Waals surface area contributed by atoms with Crippen LogP contribution in [-0.2, 0) is 13.6 Å². The number of fused-ring (bicyclic) bond motifs is 1. The summed E-state index contributed by atoms with van der Waals surface area (Å²) in [5.74, 6) is 0.715. The fourth-order valence-corrected chi connectivity index (χ4v) is 2.02. The van der Waals surface area contributed by atoms with Crippen molar-refractivity contribution in [2.24, 2.45) is 7.05 Å². The molecule has 0 radical (unpaired) electrons. The molecule has 0 amide bonds. The molecular weight excluding hydrogens is 254 g/mol. The van der Waals surface area contributed by atoms with Gasteiger partial charge in [0.05, 0.1) is 11.2 Å². The first kappa shape index (κ1) is 12.6. The molecule has 102 valence electrons. The van der Waals surface area contributed by atoms with Crippen LogP contribution >= 0.6 is 0 Å². The van der Waals surface area contributed by atoms with Gasteiger partial charge in [-0.1, -0.05) is 12.1 Å². The highest BCUT2D eigenvalue weighted by atomic mass is 16.5. The molecule has 0 bridgehead atoms. The number of ether oxygens (including phenoxy) is 1. The summed E-state index contributed by atoms with van der Waals surface area (Å²) in [6, 6.07) is 10.1. The van der Waals surface area contributed by atoms with Crippen molar-refractivity contribution in [2.75, 3.05) is 7.05 Å². The van der Waals surface area contributed by atoms with Crippen molar-refractivity contribution in [3.63, 3.8) is 0 Å². The second-order valence-corrected chi connectivity index (χ2v) is 4.46. The van der Waals surface area contributed by atoms with E-state index in [0.717, 1.165) is 16.6 Å². The number of hydrogen-bond acceptors (Lipinski definition) is 5. The smallest absolute Gasteiger partial charge is 0.341 e. The van der Waals surface area contributed by atoms with Gasteiger partial charge in [0.15, 0.2) is 0 Å². The molecule has 0 aliphatic rings. The summed E-state index contributed by atoms with van der Waals surface area (Å²) >= 11 is 0. The lowest BCUT2D eigenvalue weighted by Crippen LogP contribution is -2.07. The quantitative estimate of drug-likeness (QED) is 0.783. The lowest BCUT2D eigenvalue weighted by molar-refractivity contribution is 0.442. The van der Waals surface area contributed by atoms with E-state index in [1.165, 1.54) is 0 Å². The molecule has 3 aromatic rings. The summed E-state index contributed by atoms with van der Waals surface area (Å²) in [6.45, 7) is 0.677. The highest BCUT2D eigenvalue weighted by Crippen LogP contribution is 2.28. The van der Waals surface area contributed by atoms with Crippen molar-refractivity contribution in [3.8, 4) is 11.8 Å². The lowest BCUT2D eigenvalue weighted by Gasteiger charge is -2.08. The third-order valence-electron chi connectivity index (χ3n) is 2.87. The van der Waals surface area contributed by atoms with Crippen LogP contribution in [0.25, 0.3) is 10.9 Å². The van der Waals surface area contributed by atoms with Crippen LogP contribution in [0.2, 0.25) is 0 Å². The Bertz CT molecular complexity index is 737. The third kappa shape index (κ3) is 2.46. The first-order chi connectivity index (χ1) is 9.76. The van der Waals surface area contributed by atoms with Gasteiger partial charge in [0.25, 0.3) is 0 Å². The van der Waals surface area contributed by atoms with Crippen molar-refractivity contribution in [1.82, 2.24) is 25.1 Å². The Hall–Kier alpha value is -2.47. The third-order valence-corrected chi connectivity index (χ3v) is 2.87. The summed E-state index contributed by atoms with van der Waals surface area (Å²) in [6.07, 6.45) is 1.60. The van der Waals surface area contributed by atoms with Crippen LogP contribution in [0.15, 0.2) is 36.7 Å². The van der Waals surface area contributed by atoms with Crippen LogP contribution in [-0.4, -0.2) is 26.8 Å². The van der Waals surface area contributed by atoms with E-state index < -0.39 is 0 Å². The van der Waals surface area contributed by atoms with E-state index in [4.69, 9.17) is 4.74 Å². The molecule has 0 unspecified atom stereocenters. The van der Waals surface area contributed by atoms with Gasteiger partial charge >= 0.3 is 6.01 Å². The topological polar surface area (TPSA) is 64.9 Å². The maximum Gasteiger partial charge on any atom is 0.341 e. The minimum Gasteiger partial charge on any atom is -0.422 e. The number of para-hydroxylation sites is 1. The van der Waals surface area contributed by atoms with E-state index in [-0.39, 0.29) is 0 Å². The average molecular weight is 269 g/mol. The molecule has 0 saturated carbocycles. The van der Waals surface area contributed by atoms with E-state index in [0.29, 0.717) is 18.3 Å². The number of rotatable bonds is 4. The zero-order chi connectivity index (χ0) is 13.9. The molecule has 2 heterocycles. The summed E-state index contributed by atoms with van der Waals surface area (Å²) in [5, 5.41) is 8.17. The lowest BCUT2D eigenvalue weighted by atomic mass is 10.2. The Balaban J connectivity index is 2.06. The SMILES string of the molecule is CNCc1cc(Oc2ncn(C)n2)c2ccccc2n1. The number of pyridine rings is 1. The van der Waals surface area contributed by atoms with Crippen LogP contribution in [0.4, 0.5) is 0 Å². The predicted octanol–water partition coefficient (Wildman–Crippen LogP) is 1.87. The monoisotopic (exact) mass is 269 g/mol. The van der Waals surface area contributed by atoms with E-state index in [9.17, 15) is 0 Å². The van der Waals surface area contributed by atoms with Crippen molar-refractivity contribution < 1.29 is 4.74 Å². The number of nitrogens with one attached hydrogen (secondary N) is 1. The molecule has 0 atom stereocenters. The molecule has 0 aliphatic heterocycles. The van der Waals surface area contributed by atoms with Crippen LogP contribution < -0.4 is 10.1 Å². The van der Waals surface area contributed by atoms with Crippen LogP contribution in [0, 0.1) is 0 Å². The Morgan fingerprint density at radius 1 is 1.30 bits per heavy atom. The van der Waals surface area contributed by atoms with Gasteiger partial charge in [0, 0.05) is 25.0 Å². The van der Waals surface area contributed by atoms with E-state index in [1.807, 2.05) is 37.4 Å². The maximum atomic E-state index is 5.79. The van der Waals surface area contributed by atoms with Crippen molar-refractivity contribution in [2.45, 2.75) is 6.54 Å². The molecule has 2 aromatic heterocycles. The van der Waals surface area contributed by atoms with Gasteiger partial charge in [0.1, 0.15) is 12.1 Å². The summed E-state index contributed by atoms with van der Waals surface area (Å²) in [4.78, 5) is 8.67. The van der Waals surface area contributed by atoms with Gasteiger partial charge in [-0.25, -0.2) is 0 Å². The highest BCUT2D eigenvalue weighted by molar-refractivity contribution is 5.85. The van der Waals surface area contributed by atoms with Gasteiger partial charge in [-0.15, -0.1) is 5.10 Å². The largest absolute Gasteiger partial charge is 0.422 e. The molecule has 0 aliphatic carbocycles. The Morgan fingerprint density at radius 3 is 2.90 bits per heavy atom. The van der Waals surface area contributed by atoms with Gasteiger partial charge < -0.3 is 10.1 Å². The van der Waals surface area contributed by atoms with E-state index in [2.05, 4.69) is 20.4 Å². The van der Waals surface area contributed by atoms with Gasteiger partial charge in [-0.05, 0) is 19.2 Å². The van der Waals surface area contributed by atoms with Crippen molar-refractivity contribution in [1.29, 1.82) is 0 Å². The van der Waals surface area contributed by atoms with Crippen LogP contribution in [0.1, 0.15) is 5.69 Å². The Kier molecular flexibility index (Phi) is 3.30. The summed E-state index contributed by atoms with van der Waals surface area (Å²) in [5.41, 5.74) is 1.81. The fraction of sp³-hybridized carbons (Fsp3) is 0.214. The molecule has 3 rings (SSSR count). The van der Waals surface area contributed by atoms with Crippen LogP contribution in [0.5, 0.6) is 11.8 Å². The average Bonchev–Trinajstić information content (AvgIpc) is 2.85. The van der Waals surface area contributed by atoms with Gasteiger partial charge in [-0.3, -0.25) is 9.67 Å². The molecule has 0 fully saturated rings. The number of aromatic nitrogens is 4. The fourth-order valence-electron chi connectivity index (χ4n) is 2.02. The van der Waals surface area contributed by atoms with E-state index in [1.54, 1.807) is 18.1 Å². The number of benzene rings is 1. The normalized spacial score (nSPS) is 10.9. The number of aryl methyl sites for hydroxylation is 1. The Labute approximate surface area is 116 Å². The maximum absolute atomic E-state index is 5.79.